The maximum Gasteiger partial charge on any atom is 0.310 e. The maximum absolute atomic E-state index is 11.4. The number of hydrogen-bond acceptors (Lipinski definition) is 4. The molecule has 0 aliphatic carbocycles. The molecule has 0 aromatic heterocycles. The van der Waals surface area contributed by atoms with Crippen molar-refractivity contribution in [3.05, 3.63) is 28.8 Å². The lowest BCUT2D eigenvalue weighted by Gasteiger charge is -2.08. The van der Waals surface area contributed by atoms with Crippen molar-refractivity contribution in [1.82, 2.24) is 0 Å². The van der Waals surface area contributed by atoms with E-state index in [9.17, 15) is 4.79 Å². The first-order chi connectivity index (χ1) is 8.12. The van der Waals surface area contributed by atoms with E-state index in [0.29, 0.717) is 22.4 Å². The van der Waals surface area contributed by atoms with Gasteiger partial charge in [0, 0.05) is 10.2 Å². The molecule has 1 rings (SSSR count). The van der Waals surface area contributed by atoms with Crippen LogP contribution in [0.4, 0.5) is 0 Å². The first kappa shape index (κ1) is 14.1. The van der Waals surface area contributed by atoms with Gasteiger partial charge in [-0.2, -0.15) is 5.26 Å². The quantitative estimate of drug-likeness (QED) is 0.528. The number of hydrogen-bond donors (Lipinski definition) is 1. The van der Waals surface area contributed by atoms with Crippen LogP contribution in [0, 0.1) is 11.3 Å². The van der Waals surface area contributed by atoms with E-state index in [1.54, 1.807) is 13.0 Å². The van der Waals surface area contributed by atoms with Gasteiger partial charge in [0.15, 0.2) is 0 Å². The summed E-state index contributed by atoms with van der Waals surface area (Å²) in [6.07, 6.45) is 0.201. The van der Waals surface area contributed by atoms with E-state index >= 15 is 0 Å². The molecule has 0 atom stereocenters. The molecule has 5 heteroatoms. The van der Waals surface area contributed by atoms with Gasteiger partial charge in [-0.15, -0.1) is 12.6 Å². The van der Waals surface area contributed by atoms with Crippen molar-refractivity contribution >= 4 is 34.5 Å². The third-order valence-electron chi connectivity index (χ3n) is 2.17. The summed E-state index contributed by atoms with van der Waals surface area (Å²) in [7, 11) is 0. The highest BCUT2D eigenvalue weighted by Gasteiger charge is 2.10. The average molecular weight is 314 g/mol. The fourth-order valence-electron chi connectivity index (χ4n) is 1.47. The summed E-state index contributed by atoms with van der Waals surface area (Å²) < 4.78 is 4.88. The lowest BCUT2D eigenvalue weighted by atomic mass is 10.0. The van der Waals surface area contributed by atoms with Crippen LogP contribution in [0.5, 0.6) is 0 Å². The number of esters is 1. The Morgan fingerprint density at radius 3 is 2.82 bits per heavy atom. The van der Waals surface area contributed by atoms with Crippen LogP contribution < -0.4 is 0 Å². The Hall–Kier alpha value is -0.990. The lowest BCUT2D eigenvalue weighted by Crippen LogP contribution is -2.08. The molecule has 0 bridgehead atoms. The minimum absolute atomic E-state index is 0.201. The molecule has 0 saturated carbocycles. The second-order valence-corrected chi connectivity index (χ2v) is 4.42. The van der Waals surface area contributed by atoms with E-state index in [4.69, 9.17) is 10.00 Å². The highest BCUT2D eigenvalue weighted by molar-refractivity contribution is 9.08. The van der Waals surface area contributed by atoms with Crippen LogP contribution in [0.25, 0.3) is 0 Å². The Labute approximate surface area is 114 Å². The van der Waals surface area contributed by atoms with Gasteiger partial charge in [-0.1, -0.05) is 22.0 Å². The average Bonchev–Trinajstić information content (AvgIpc) is 2.28. The number of nitriles is 1. The second kappa shape index (κ2) is 6.67. The molecule has 0 N–H and O–H groups in total. The number of alkyl halides is 1. The third-order valence-corrected chi connectivity index (χ3v) is 3.13. The Balaban J connectivity index is 3.00. The summed E-state index contributed by atoms with van der Waals surface area (Å²) in [4.78, 5) is 11.9. The molecule has 0 fully saturated rings. The number of benzene rings is 1. The minimum atomic E-state index is -0.273. The van der Waals surface area contributed by atoms with Gasteiger partial charge in [0.2, 0.25) is 0 Å². The van der Waals surface area contributed by atoms with Crippen LogP contribution >= 0.6 is 28.6 Å². The normalized spacial score (nSPS) is 9.76. The van der Waals surface area contributed by atoms with Gasteiger partial charge in [-0.25, -0.2) is 0 Å². The zero-order chi connectivity index (χ0) is 12.8. The number of thiol groups is 1. The molecule has 0 radical (unpaired) electrons. The van der Waals surface area contributed by atoms with Crippen molar-refractivity contribution < 1.29 is 9.53 Å². The van der Waals surface area contributed by atoms with Gasteiger partial charge < -0.3 is 4.74 Å². The number of halogens is 1. The number of ether oxygens (including phenoxy) is 1. The topological polar surface area (TPSA) is 50.1 Å². The molecule has 0 aliphatic rings. The molecule has 0 saturated heterocycles. The summed E-state index contributed by atoms with van der Waals surface area (Å²) >= 11 is 7.56. The molecule has 1 aromatic carbocycles. The largest absolute Gasteiger partial charge is 0.466 e. The van der Waals surface area contributed by atoms with Gasteiger partial charge in [0.05, 0.1) is 18.6 Å². The van der Waals surface area contributed by atoms with Crippen molar-refractivity contribution in [1.29, 1.82) is 5.26 Å². The SMILES string of the molecule is CCOC(=O)Cc1cc(S)c(C#N)c(CBr)c1. The Morgan fingerprint density at radius 2 is 2.29 bits per heavy atom. The molecule has 0 unspecified atom stereocenters. The molecule has 3 nitrogen and oxygen atoms in total. The van der Waals surface area contributed by atoms with Crippen molar-refractivity contribution in [2.75, 3.05) is 6.61 Å². The van der Waals surface area contributed by atoms with Gasteiger partial charge in [-0.3, -0.25) is 4.79 Å². The van der Waals surface area contributed by atoms with Gasteiger partial charge in [0.25, 0.3) is 0 Å². The number of nitrogens with zero attached hydrogens (tertiary/aromatic N) is 1. The van der Waals surface area contributed by atoms with E-state index in [1.807, 2.05) is 6.07 Å². The van der Waals surface area contributed by atoms with Crippen LogP contribution in [0.1, 0.15) is 23.6 Å². The standard InChI is InChI=1S/C12H12BrNO2S/c1-2-16-12(15)5-8-3-9(6-13)10(7-14)11(17)4-8/h3-4,17H,2,5-6H2,1H3. The fourth-order valence-corrected chi connectivity index (χ4v) is 2.27. The van der Waals surface area contributed by atoms with Crippen molar-refractivity contribution in [3.63, 3.8) is 0 Å². The molecule has 0 heterocycles. The van der Waals surface area contributed by atoms with Gasteiger partial charge >= 0.3 is 5.97 Å². The first-order valence-electron chi connectivity index (χ1n) is 5.08. The highest BCUT2D eigenvalue weighted by atomic mass is 79.9. The Bertz CT molecular complexity index is 468. The third kappa shape index (κ3) is 3.76. The van der Waals surface area contributed by atoms with Gasteiger partial charge in [0.1, 0.15) is 6.07 Å². The summed E-state index contributed by atoms with van der Waals surface area (Å²) in [6, 6.07) is 5.65. The maximum atomic E-state index is 11.4. The summed E-state index contributed by atoms with van der Waals surface area (Å²) in [5, 5.41) is 9.53. The monoisotopic (exact) mass is 313 g/mol. The lowest BCUT2D eigenvalue weighted by molar-refractivity contribution is -0.142. The van der Waals surface area contributed by atoms with Crippen LogP contribution in [0.15, 0.2) is 17.0 Å². The second-order valence-electron chi connectivity index (χ2n) is 3.38. The molecular weight excluding hydrogens is 302 g/mol. The number of carbonyl (C=O) groups excluding carboxylic acids is 1. The molecule has 17 heavy (non-hydrogen) atoms. The molecular formula is C12H12BrNO2S. The van der Waals surface area contributed by atoms with Crippen LogP contribution in [0.2, 0.25) is 0 Å². The fraction of sp³-hybridized carbons (Fsp3) is 0.333. The predicted octanol–water partition coefficient (Wildman–Crippen LogP) is 2.85. The minimum Gasteiger partial charge on any atom is -0.466 e. The van der Waals surface area contributed by atoms with E-state index < -0.39 is 0 Å². The summed E-state index contributed by atoms with van der Waals surface area (Å²) in [5.41, 5.74) is 2.18. The Morgan fingerprint density at radius 1 is 1.59 bits per heavy atom. The van der Waals surface area contributed by atoms with E-state index in [-0.39, 0.29) is 12.4 Å². The molecule has 0 spiro atoms. The van der Waals surface area contributed by atoms with Crippen molar-refractivity contribution in [2.45, 2.75) is 23.6 Å². The predicted molar refractivity (Wildman–Crippen MR) is 71.4 cm³/mol. The number of carbonyl (C=O) groups is 1. The van der Waals surface area contributed by atoms with E-state index in [2.05, 4.69) is 34.6 Å². The smallest absolute Gasteiger partial charge is 0.310 e. The van der Waals surface area contributed by atoms with Crippen molar-refractivity contribution in [2.24, 2.45) is 0 Å². The van der Waals surface area contributed by atoms with Crippen LogP contribution in [-0.2, 0) is 21.3 Å². The molecule has 1 aromatic rings. The zero-order valence-electron chi connectivity index (χ0n) is 9.36. The van der Waals surface area contributed by atoms with Gasteiger partial charge in [-0.05, 0) is 24.1 Å². The summed E-state index contributed by atoms with van der Waals surface area (Å²) in [6.45, 7) is 2.14. The van der Waals surface area contributed by atoms with Crippen LogP contribution in [-0.4, -0.2) is 12.6 Å². The highest BCUT2D eigenvalue weighted by Crippen LogP contribution is 2.23. The first-order valence-corrected chi connectivity index (χ1v) is 6.65. The van der Waals surface area contributed by atoms with E-state index in [1.165, 1.54) is 0 Å². The van der Waals surface area contributed by atoms with Crippen molar-refractivity contribution in [3.8, 4) is 6.07 Å². The molecule has 0 aliphatic heterocycles. The Kier molecular flexibility index (Phi) is 5.52. The number of rotatable bonds is 4. The molecule has 0 amide bonds. The summed E-state index contributed by atoms with van der Waals surface area (Å²) in [5.74, 6) is -0.273. The van der Waals surface area contributed by atoms with E-state index in [0.717, 1.165) is 11.1 Å². The zero-order valence-corrected chi connectivity index (χ0v) is 11.8. The van der Waals surface area contributed by atoms with Crippen LogP contribution in [0.3, 0.4) is 0 Å². The molecule has 90 valence electrons.